The van der Waals surface area contributed by atoms with Gasteiger partial charge in [-0.1, -0.05) is 18.2 Å². The molecule has 1 amide bonds. The lowest BCUT2D eigenvalue weighted by Gasteiger charge is -2.31. The monoisotopic (exact) mass is 388 g/mol. The molecule has 0 radical (unpaired) electrons. The Balaban J connectivity index is 1.34. The van der Waals surface area contributed by atoms with E-state index in [4.69, 9.17) is 4.74 Å². The smallest absolute Gasteiger partial charge is 0.227 e. The molecular weight excluding hydrogens is 364 g/mol. The van der Waals surface area contributed by atoms with E-state index in [-0.39, 0.29) is 11.8 Å². The van der Waals surface area contributed by atoms with Crippen molar-refractivity contribution in [3.8, 4) is 17.0 Å². The lowest BCUT2D eigenvalue weighted by Crippen LogP contribution is -2.38. The summed E-state index contributed by atoms with van der Waals surface area (Å²) in [7, 11) is 1.65. The molecule has 1 N–H and O–H groups in total. The zero-order chi connectivity index (χ0) is 20.1. The first kappa shape index (κ1) is 18.9. The van der Waals surface area contributed by atoms with Crippen LogP contribution in [0.25, 0.3) is 11.3 Å². The molecule has 0 saturated carbocycles. The number of hydrogen-bond donors (Lipinski definition) is 1. The highest BCUT2D eigenvalue weighted by atomic mass is 16.5. The number of piperidine rings is 1. The quantitative estimate of drug-likeness (QED) is 0.715. The maximum Gasteiger partial charge on any atom is 0.227 e. The first-order valence-corrected chi connectivity index (χ1v) is 9.82. The summed E-state index contributed by atoms with van der Waals surface area (Å²) < 4.78 is 5.19. The number of anilines is 2. The van der Waals surface area contributed by atoms with Crippen LogP contribution in [0.4, 0.5) is 11.5 Å². The fraction of sp³-hybridized carbons (Fsp3) is 0.261. The number of para-hydroxylation sites is 1. The van der Waals surface area contributed by atoms with Crippen molar-refractivity contribution < 1.29 is 9.53 Å². The number of methoxy groups -OCH3 is 1. The van der Waals surface area contributed by atoms with Crippen LogP contribution in [0.5, 0.6) is 5.75 Å². The molecule has 0 atom stereocenters. The minimum absolute atomic E-state index is 0.0259. The molecule has 0 bridgehead atoms. The van der Waals surface area contributed by atoms with Crippen LogP contribution in [0, 0.1) is 5.92 Å². The first-order chi connectivity index (χ1) is 14.2. The van der Waals surface area contributed by atoms with Gasteiger partial charge < -0.3 is 15.0 Å². The van der Waals surface area contributed by atoms with Crippen LogP contribution in [0.1, 0.15) is 12.8 Å². The van der Waals surface area contributed by atoms with Gasteiger partial charge in [-0.2, -0.15) is 0 Å². The molecule has 1 fully saturated rings. The summed E-state index contributed by atoms with van der Waals surface area (Å²) in [6.07, 6.45) is 1.61. The number of carbonyl (C=O) groups excluding carboxylic acids is 1. The highest BCUT2D eigenvalue weighted by Gasteiger charge is 2.25. The van der Waals surface area contributed by atoms with Gasteiger partial charge in [0.05, 0.1) is 12.8 Å². The maximum absolute atomic E-state index is 12.5. The molecule has 0 spiro atoms. The van der Waals surface area contributed by atoms with Crippen molar-refractivity contribution in [3.63, 3.8) is 0 Å². The summed E-state index contributed by atoms with van der Waals surface area (Å²) >= 11 is 0. The average Bonchev–Trinajstić information content (AvgIpc) is 2.80. The molecule has 1 aliphatic rings. The van der Waals surface area contributed by atoms with Crippen LogP contribution in [0.2, 0.25) is 0 Å². The predicted molar refractivity (Wildman–Crippen MR) is 114 cm³/mol. The van der Waals surface area contributed by atoms with Gasteiger partial charge in [0.15, 0.2) is 5.82 Å². The van der Waals surface area contributed by atoms with Gasteiger partial charge in [0, 0.05) is 30.3 Å². The second-order valence-electron chi connectivity index (χ2n) is 7.12. The topological polar surface area (TPSA) is 67.3 Å². The van der Waals surface area contributed by atoms with Crippen molar-refractivity contribution in [3.05, 3.63) is 66.7 Å². The Labute approximate surface area is 170 Å². The Morgan fingerprint density at radius 3 is 2.31 bits per heavy atom. The summed E-state index contributed by atoms with van der Waals surface area (Å²) in [6, 6.07) is 21.4. The number of aromatic nitrogens is 2. The lowest BCUT2D eigenvalue weighted by molar-refractivity contribution is -0.120. The molecule has 4 rings (SSSR count). The SMILES string of the molecule is COc1ccc(-c2ccc(N3CCC(C(=O)Nc4ccccc4)CC3)nn2)cc1. The lowest BCUT2D eigenvalue weighted by atomic mass is 9.96. The third kappa shape index (κ3) is 4.54. The summed E-state index contributed by atoms with van der Waals surface area (Å²) in [4.78, 5) is 14.7. The summed E-state index contributed by atoms with van der Waals surface area (Å²) in [5.41, 5.74) is 2.68. The molecular formula is C23H24N4O2. The second-order valence-corrected chi connectivity index (χ2v) is 7.12. The second kappa shape index (κ2) is 8.73. The van der Waals surface area contributed by atoms with Gasteiger partial charge in [0.1, 0.15) is 5.75 Å². The number of amides is 1. The number of carbonyl (C=O) groups is 1. The van der Waals surface area contributed by atoms with Crippen LogP contribution in [-0.4, -0.2) is 36.3 Å². The van der Waals surface area contributed by atoms with Crippen molar-refractivity contribution in [1.82, 2.24) is 10.2 Å². The molecule has 2 heterocycles. The van der Waals surface area contributed by atoms with E-state index in [9.17, 15) is 4.79 Å². The maximum atomic E-state index is 12.5. The van der Waals surface area contributed by atoms with E-state index in [1.54, 1.807) is 7.11 Å². The molecule has 0 unspecified atom stereocenters. The van der Waals surface area contributed by atoms with Crippen LogP contribution in [0.3, 0.4) is 0 Å². The third-order valence-corrected chi connectivity index (χ3v) is 5.27. The molecule has 3 aromatic rings. The minimum atomic E-state index is 0.0259. The Kier molecular flexibility index (Phi) is 5.70. The summed E-state index contributed by atoms with van der Waals surface area (Å²) in [5, 5.41) is 11.8. The summed E-state index contributed by atoms with van der Waals surface area (Å²) in [5.74, 6) is 1.79. The van der Waals surface area contributed by atoms with Gasteiger partial charge in [-0.15, -0.1) is 10.2 Å². The van der Waals surface area contributed by atoms with Crippen LogP contribution in [-0.2, 0) is 4.79 Å². The largest absolute Gasteiger partial charge is 0.497 e. The van der Waals surface area contributed by atoms with Crippen molar-refractivity contribution >= 4 is 17.4 Å². The highest BCUT2D eigenvalue weighted by Crippen LogP contribution is 2.25. The van der Waals surface area contributed by atoms with E-state index in [2.05, 4.69) is 20.4 Å². The van der Waals surface area contributed by atoms with Gasteiger partial charge in [0.25, 0.3) is 0 Å². The van der Waals surface area contributed by atoms with E-state index in [0.717, 1.165) is 54.4 Å². The molecule has 6 heteroatoms. The molecule has 29 heavy (non-hydrogen) atoms. The number of ether oxygens (including phenoxy) is 1. The van der Waals surface area contributed by atoms with E-state index >= 15 is 0 Å². The fourth-order valence-corrected chi connectivity index (χ4v) is 3.55. The van der Waals surface area contributed by atoms with Crippen molar-refractivity contribution in [2.45, 2.75) is 12.8 Å². The first-order valence-electron chi connectivity index (χ1n) is 9.82. The minimum Gasteiger partial charge on any atom is -0.497 e. The van der Waals surface area contributed by atoms with Crippen molar-refractivity contribution in [1.29, 1.82) is 0 Å². The predicted octanol–water partition coefficient (Wildman–Crippen LogP) is 4.01. The van der Waals surface area contributed by atoms with E-state index in [0.29, 0.717) is 0 Å². The zero-order valence-electron chi connectivity index (χ0n) is 16.4. The number of nitrogens with zero attached hydrogens (tertiary/aromatic N) is 3. The standard InChI is InChI=1S/C23H24N4O2/c1-29-20-9-7-17(8-10-20)21-11-12-22(26-25-21)27-15-13-18(14-16-27)23(28)24-19-5-3-2-4-6-19/h2-12,18H,13-16H2,1H3,(H,24,28). The molecule has 1 aromatic heterocycles. The number of nitrogens with one attached hydrogen (secondary N) is 1. The number of benzene rings is 2. The van der Waals surface area contributed by atoms with Gasteiger partial charge in [0.2, 0.25) is 5.91 Å². The Bertz CT molecular complexity index is 935. The molecule has 148 valence electrons. The highest BCUT2D eigenvalue weighted by molar-refractivity contribution is 5.92. The van der Waals surface area contributed by atoms with Gasteiger partial charge >= 0.3 is 0 Å². The molecule has 2 aromatic carbocycles. The van der Waals surface area contributed by atoms with Crippen molar-refractivity contribution in [2.24, 2.45) is 5.92 Å². The molecule has 1 saturated heterocycles. The number of hydrogen-bond acceptors (Lipinski definition) is 5. The third-order valence-electron chi connectivity index (χ3n) is 5.27. The zero-order valence-corrected chi connectivity index (χ0v) is 16.4. The average molecular weight is 388 g/mol. The Morgan fingerprint density at radius 1 is 0.966 bits per heavy atom. The van der Waals surface area contributed by atoms with Crippen LogP contribution in [0.15, 0.2) is 66.7 Å². The van der Waals surface area contributed by atoms with E-state index in [1.807, 2.05) is 66.7 Å². The van der Waals surface area contributed by atoms with E-state index in [1.165, 1.54) is 0 Å². The van der Waals surface area contributed by atoms with Crippen LogP contribution < -0.4 is 15.0 Å². The summed E-state index contributed by atoms with van der Waals surface area (Å²) in [6.45, 7) is 1.59. The fourth-order valence-electron chi connectivity index (χ4n) is 3.55. The van der Waals surface area contributed by atoms with Crippen LogP contribution >= 0.6 is 0 Å². The van der Waals surface area contributed by atoms with Crippen molar-refractivity contribution in [2.75, 3.05) is 30.4 Å². The molecule has 6 nitrogen and oxygen atoms in total. The number of rotatable bonds is 5. The van der Waals surface area contributed by atoms with Gasteiger partial charge in [-0.25, -0.2) is 0 Å². The molecule has 0 aliphatic carbocycles. The van der Waals surface area contributed by atoms with Gasteiger partial charge in [-0.3, -0.25) is 4.79 Å². The normalized spacial score (nSPS) is 14.4. The Hall–Kier alpha value is -3.41. The van der Waals surface area contributed by atoms with E-state index < -0.39 is 0 Å². The molecule has 1 aliphatic heterocycles. The Morgan fingerprint density at radius 2 is 1.69 bits per heavy atom. The van der Waals surface area contributed by atoms with Gasteiger partial charge in [-0.05, 0) is 61.4 Å².